The first-order chi connectivity index (χ1) is 12.2. The van der Waals surface area contributed by atoms with Gasteiger partial charge in [0.25, 0.3) is 5.91 Å². The molecule has 0 aliphatic heterocycles. The van der Waals surface area contributed by atoms with E-state index in [2.05, 4.69) is 45.6 Å². The maximum atomic E-state index is 12.5. The van der Waals surface area contributed by atoms with Gasteiger partial charge in [-0.1, -0.05) is 6.07 Å². The van der Waals surface area contributed by atoms with Gasteiger partial charge >= 0.3 is 0 Å². The summed E-state index contributed by atoms with van der Waals surface area (Å²) in [5.74, 6) is 1.06. The fourth-order valence-electron chi connectivity index (χ4n) is 2.98. The number of anilines is 1. The van der Waals surface area contributed by atoms with Crippen LogP contribution in [0.4, 0.5) is 5.82 Å². The lowest BCUT2D eigenvalue weighted by Gasteiger charge is -2.20. The van der Waals surface area contributed by atoms with E-state index in [0.29, 0.717) is 12.1 Å². The van der Waals surface area contributed by atoms with Gasteiger partial charge in [-0.2, -0.15) is 0 Å². The van der Waals surface area contributed by atoms with Crippen LogP contribution in [0.3, 0.4) is 0 Å². The molecule has 0 saturated carbocycles. The van der Waals surface area contributed by atoms with Crippen molar-refractivity contribution in [1.29, 1.82) is 0 Å². The molecule has 1 amide bonds. The number of rotatable bonds is 7. The van der Waals surface area contributed by atoms with E-state index in [1.165, 1.54) is 0 Å². The van der Waals surface area contributed by atoms with Crippen LogP contribution in [-0.4, -0.2) is 34.9 Å². The third-order valence-electron chi connectivity index (χ3n) is 4.37. The number of hydrogen-bond acceptors (Lipinski definition) is 3. The van der Waals surface area contributed by atoms with Crippen molar-refractivity contribution in [1.82, 2.24) is 14.7 Å². The molecule has 1 N–H and O–H groups in total. The van der Waals surface area contributed by atoms with Gasteiger partial charge < -0.3 is 14.6 Å². The number of carbonyl (C=O) groups is 1. The van der Waals surface area contributed by atoms with Gasteiger partial charge in [-0.05, 0) is 50.2 Å². The van der Waals surface area contributed by atoms with E-state index in [1.807, 2.05) is 36.5 Å². The molecular weight excluding hydrogens is 312 g/mol. The predicted octanol–water partition coefficient (Wildman–Crippen LogP) is 3.15. The molecule has 3 rings (SSSR count). The zero-order valence-electron chi connectivity index (χ0n) is 14.8. The highest BCUT2D eigenvalue weighted by Crippen LogP contribution is 2.20. The van der Waals surface area contributed by atoms with Crippen LogP contribution in [0.2, 0.25) is 0 Å². The topological polar surface area (TPSA) is 49.6 Å². The number of fused-ring (bicyclic) bond motifs is 1. The van der Waals surface area contributed by atoms with Crippen molar-refractivity contribution in [3.63, 3.8) is 0 Å². The Hall–Kier alpha value is -2.82. The summed E-state index contributed by atoms with van der Waals surface area (Å²) < 4.78 is 2.08. The normalized spacial score (nSPS) is 10.8. The molecule has 0 bridgehead atoms. The highest BCUT2D eigenvalue weighted by molar-refractivity contribution is 5.94. The van der Waals surface area contributed by atoms with Crippen molar-refractivity contribution >= 4 is 17.2 Å². The van der Waals surface area contributed by atoms with E-state index in [4.69, 9.17) is 0 Å². The second-order valence-corrected chi connectivity index (χ2v) is 5.90. The standard InChI is InChI=1S/C20H24N4O/c1-3-23(4-2)19-11-10-18-9-8-16(15-24(18)19)20(25)22-14-12-17-7-5-6-13-21-17/h5-11,13,15H,3-4,12,14H2,1-2H3,(H,22,25). The van der Waals surface area contributed by atoms with E-state index in [1.54, 1.807) is 6.20 Å². The molecular formula is C20H24N4O. The Balaban J connectivity index is 1.72. The molecule has 5 nitrogen and oxygen atoms in total. The summed E-state index contributed by atoms with van der Waals surface area (Å²) in [7, 11) is 0. The second kappa shape index (κ2) is 7.83. The van der Waals surface area contributed by atoms with Gasteiger partial charge in [-0.15, -0.1) is 0 Å². The van der Waals surface area contributed by atoms with Gasteiger partial charge in [0, 0.05) is 49.7 Å². The molecule has 130 valence electrons. The highest BCUT2D eigenvalue weighted by atomic mass is 16.1. The molecule has 0 spiro atoms. The van der Waals surface area contributed by atoms with E-state index in [9.17, 15) is 4.79 Å². The fourth-order valence-corrected chi connectivity index (χ4v) is 2.98. The summed E-state index contributed by atoms with van der Waals surface area (Å²) in [5.41, 5.74) is 2.73. The van der Waals surface area contributed by atoms with Crippen LogP contribution in [-0.2, 0) is 6.42 Å². The molecule has 5 heteroatoms. The van der Waals surface area contributed by atoms with Crippen molar-refractivity contribution in [3.05, 3.63) is 66.1 Å². The molecule has 3 aromatic rings. The van der Waals surface area contributed by atoms with Crippen LogP contribution in [0.5, 0.6) is 0 Å². The van der Waals surface area contributed by atoms with E-state index in [-0.39, 0.29) is 5.91 Å². The maximum Gasteiger partial charge on any atom is 0.252 e. The highest BCUT2D eigenvalue weighted by Gasteiger charge is 2.11. The summed E-state index contributed by atoms with van der Waals surface area (Å²) in [6.07, 6.45) is 4.41. The third kappa shape index (κ3) is 3.82. The Bertz CT molecular complexity index is 837. The van der Waals surface area contributed by atoms with Crippen molar-refractivity contribution in [2.75, 3.05) is 24.5 Å². The summed E-state index contributed by atoms with van der Waals surface area (Å²) in [5, 5.41) is 2.98. The minimum atomic E-state index is -0.0583. The minimum Gasteiger partial charge on any atom is -0.358 e. The number of nitrogens with one attached hydrogen (secondary N) is 1. The lowest BCUT2D eigenvalue weighted by Crippen LogP contribution is -2.26. The Kier molecular flexibility index (Phi) is 5.33. The molecule has 0 atom stereocenters. The average Bonchev–Trinajstić information content (AvgIpc) is 3.07. The van der Waals surface area contributed by atoms with Crippen LogP contribution in [0.1, 0.15) is 29.9 Å². The predicted molar refractivity (Wildman–Crippen MR) is 101 cm³/mol. The molecule has 0 aliphatic rings. The maximum absolute atomic E-state index is 12.5. The van der Waals surface area contributed by atoms with Crippen molar-refractivity contribution in [2.45, 2.75) is 20.3 Å². The first-order valence-corrected chi connectivity index (χ1v) is 8.77. The molecule has 0 unspecified atom stereocenters. The molecule has 3 heterocycles. The number of carbonyl (C=O) groups excluding carboxylic acids is 1. The summed E-state index contributed by atoms with van der Waals surface area (Å²) in [4.78, 5) is 19.0. The van der Waals surface area contributed by atoms with Crippen LogP contribution in [0.15, 0.2) is 54.9 Å². The van der Waals surface area contributed by atoms with E-state index in [0.717, 1.165) is 36.5 Å². The van der Waals surface area contributed by atoms with Crippen LogP contribution in [0.25, 0.3) is 5.52 Å². The smallest absolute Gasteiger partial charge is 0.252 e. The Labute approximate surface area is 148 Å². The first kappa shape index (κ1) is 17.0. The minimum absolute atomic E-state index is 0.0583. The Morgan fingerprint density at radius 2 is 1.92 bits per heavy atom. The molecule has 0 aromatic carbocycles. The summed E-state index contributed by atoms with van der Waals surface area (Å²) in [6, 6.07) is 13.9. The molecule has 25 heavy (non-hydrogen) atoms. The van der Waals surface area contributed by atoms with Gasteiger partial charge in [0.1, 0.15) is 5.82 Å². The molecule has 0 radical (unpaired) electrons. The SMILES string of the molecule is CCN(CC)c1ccc2ccc(C(=O)NCCc3ccccn3)cn12. The van der Waals surface area contributed by atoms with Gasteiger partial charge in [-0.25, -0.2) is 0 Å². The van der Waals surface area contributed by atoms with Gasteiger partial charge in [-0.3, -0.25) is 9.78 Å². The fraction of sp³-hybridized carbons (Fsp3) is 0.300. The quantitative estimate of drug-likeness (QED) is 0.721. The molecule has 0 fully saturated rings. The van der Waals surface area contributed by atoms with E-state index < -0.39 is 0 Å². The number of hydrogen-bond donors (Lipinski definition) is 1. The molecule has 0 saturated heterocycles. The Morgan fingerprint density at radius 3 is 2.64 bits per heavy atom. The van der Waals surface area contributed by atoms with Crippen LogP contribution >= 0.6 is 0 Å². The largest absolute Gasteiger partial charge is 0.358 e. The zero-order chi connectivity index (χ0) is 17.6. The van der Waals surface area contributed by atoms with Crippen molar-refractivity contribution in [3.8, 4) is 0 Å². The summed E-state index contributed by atoms with van der Waals surface area (Å²) in [6.45, 7) is 6.71. The first-order valence-electron chi connectivity index (χ1n) is 8.77. The molecule has 0 aliphatic carbocycles. The number of nitrogens with zero attached hydrogens (tertiary/aromatic N) is 3. The van der Waals surface area contributed by atoms with Crippen molar-refractivity contribution < 1.29 is 4.79 Å². The lowest BCUT2D eigenvalue weighted by molar-refractivity contribution is 0.0953. The van der Waals surface area contributed by atoms with Crippen LogP contribution in [0, 0.1) is 0 Å². The number of aromatic nitrogens is 2. The van der Waals surface area contributed by atoms with Gasteiger partial charge in [0.2, 0.25) is 0 Å². The van der Waals surface area contributed by atoms with Gasteiger partial charge in [0.05, 0.1) is 5.56 Å². The lowest BCUT2D eigenvalue weighted by atomic mass is 10.2. The summed E-state index contributed by atoms with van der Waals surface area (Å²) >= 11 is 0. The van der Waals surface area contributed by atoms with Crippen LogP contribution < -0.4 is 10.2 Å². The number of pyridine rings is 2. The van der Waals surface area contributed by atoms with E-state index >= 15 is 0 Å². The van der Waals surface area contributed by atoms with Gasteiger partial charge in [0.15, 0.2) is 0 Å². The average molecular weight is 336 g/mol. The third-order valence-corrected chi connectivity index (χ3v) is 4.37. The zero-order valence-corrected chi connectivity index (χ0v) is 14.8. The molecule has 3 aromatic heterocycles. The Morgan fingerprint density at radius 1 is 1.12 bits per heavy atom. The second-order valence-electron chi connectivity index (χ2n) is 5.90. The number of amides is 1. The monoisotopic (exact) mass is 336 g/mol. The van der Waals surface area contributed by atoms with Crippen molar-refractivity contribution in [2.24, 2.45) is 0 Å².